The molecule has 0 atom stereocenters. The number of nitrogens with one attached hydrogen (secondary N) is 1. The fourth-order valence-electron chi connectivity index (χ4n) is 5.02. The van der Waals surface area contributed by atoms with E-state index in [1.165, 1.54) is 10.3 Å². The molecule has 0 bridgehead atoms. The highest BCUT2D eigenvalue weighted by Crippen LogP contribution is 2.43. The molecule has 9 heteroatoms. The maximum absolute atomic E-state index is 13.1. The van der Waals surface area contributed by atoms with Crippen LogP contribution < -0.4 is 5.32 Å². The van der Waals surface area contributed by atoms with Gasteiger partial charge < -0.3 is 10.1 Å². The molecular formula is C29H26N4O4S. The fraction of sp³-hybridized carbons (Fsp3) is 0.207. The number of fused-ring (bicyclic) bond motifs is 2. The maximum Gasteiger partial charge on any atom is 0.308 e. The molecule has 1 aliphatic rings. The zero-order valence-corrected chi connectivity index (χ0v) is 21.6. The Bertz CT molecular complexity index is 1760. The van der Waals surface area contributed by atoms with E-state index in [0.29, 0.717) is 23.9 Å². The number of carbonyl (C=O) groups excluding carboxylic acids is 1. The molecule has 38 heavy (non-hydrogen) atoms. The van der Waals surface area contributed by atoms with Gasteiger partial charge in [0.15, 0.2) is 0 Å². The molecule has 0 aliphatic heterocycles. The summed E-state index contributed by atoms with van der Waals surface area (Å²) in [6.07, 6.45) is 4.65. The van der Waals surface area contributed by atoms with Crippen LogP contribution in [-0.2, 0) is 19.6 Å². The number of nitrogens with zero attached hydrogens (tertiary/aromatic N) is 3. The van der Waals surface area contributed by atoms with Crippen LogP contribution in [0.5, 0.6) is 0 Å². The quantitative estimate of drug-likeness (QED) is 0.275. The summed E-state index contributed by atoms with van der Waals surface area (Å²) in [5.74, 6) is 0.805. The number of ether oxygens (including phenoxy) is 1. The Hall–Kier alpha value is -4.24. The zero-order chi connectivity index (χ0) is 26.3. The molecule has 8 nitrogen and oxygen atoms in total. The summed E-state index contributed by atoms with van der Waals surface area (Å²) < 4.78 is 32.7. The van der Waals surface area contributed by atoms with Gasteiger partial charge in [-0.25, -0.2) is 22.4 Å². The summed E-state index contributed by atoms with van der Waals surface area (Å²) in [7, 11) is -3.70. The molecule has 1 aliphatic carbocycles. The first-order chi connectivity index (χ1) is 18.4. The van der Waals surface area contributed by atoms with Crippen molar-refractivity contribution in [1.29, 1.82) is 0 Å². The first kappa shape index (κ1) is 24.1. The molecule has 0 spiro atoms. The average Bonchev–Trinajstić information content (AvgIpc) is 3.33. The van der Waals surface area contributed by atoms with E-state index in [1.807, 2.05) is 25.1 Å². The highest BCUT2D eigenvalue weighted by atomic mass is 32.2. The van der Waals surface area contributed by atoms with Crippen molar-refractivity contribution in [2.24, 2.45) is 5.92 Å². The van der Waals surface area contributed by atoms with Crippen LogP contribution in [-0.4, -0.2) is 34.9 Å². The van der Waals surface area contributed by atoms with Crippen LogP contribution in [0.25, 0.3) is 21.8 Å². The number of hydrogen-bond donors (Lipinski definition) is 1. The standard InChI is InChI=1S/C29H26N4O4S/c1-2-37-29(34)22-14-21(15-22)19-8-10-26-25(17-19)28(31-18-30-26)32-23-9-11-27-20(16-23)12-13-33(27)38(35,36)24-6-4-3-5-7-24/h3-13,16-18,21-22H,2,14-15H2,1H3,(H,30,31,32)/t21-,22-. The number of aromatic nitrogens is 3. The second-order valence-electron chi connectivity index (χ2n) is 9.44. The van der Waals surface area contributed by atoms with Crippen LogP contribution in [0.2, 0.25) is 0 Å². The Morgan fingerprint density at radius 3 is 2.63 bits per heavy atom. The molecule has 3 aromatic carbocycles. The van der Waals surface area contributed by atoms with Crippen LogP contribution in [0.15, 0.2) is 90.2 Å². The molecule has 2 aromatic heterocycles. The molecule has 6 rings (SSSR count). The Balaban J connectivity index is 1.27. The van der Waals surface area contributed by atoms with E-state index in [0.717, 1.165) is 40.4 Å². The molecule has 5 aromatic rings. The first-order valence-corrected chi connectivity index (χ1v) is 14.0. The van der Waals surface area contributed by atoms with Gasteiger partial charge in [-0.15, -0.1) is 0 Å². The van der Waals surface area contributed by atoms with E-state index in [4.69, 9.17) is 4.74 Å². The van der Waals surface area contributed by atoms with Crippen molar-refractivity contribution in [2.45, 2.75) is 30.6 Å². The topological polar surface area (TPSA) is 103 Å². The molecule has 1 saturated carbocycles. The number of anilines is 2. The number of benzene rings is 3. The van der Waals surface area contributed by atoms with Crippen molar-refractivity contribution in [3.8, 4) is 0 Å². The average molecular weight is 527 g/mol. The molecular weight excluding hydrogens is 500 g/mol. The number of hydrogen-bond acceptors (Lipinski definition) is 7. The number of esters is 1. The summed E-state index contributed by atoms with van der Waals surface area (Å²) >= 11 is 0. The lowest BCUT2D eigenvalue weighted by molar-refractivity contribution is -0.151. The van der Waals surface area contributed by atoms with Gasteiger partial charge in [0.1, 0.15) is 12.1 Å². The highest BCUT2D eigenvalue weighted by molar-refractivity contribution is 7.90. The minimum Gasteiger partial charge on any atom is -0.466 e. The normalized spacial score (nSPS) is 17.3. The Morgan fingerprint density at radius 1 is 1.03 bits per heavy atom. The minimum atomic E-state index is -3.70. The predicted molar refractivity (Wildman–Crippen MR) is 146 cm³/mol. The van der Waals surface area contributed by atoms with Crippen molar-refractivity contribution < 1.29 is 17.9 Å². The number of rotatable bonds is 7. The number of carbonyl (C=O) groups is 1. The van der Waals surface area contributed by atoms with Crippen LogP contribution in [0.3, 0.4) is 0 Å². The minimum absolute atomic E-state index is 0.0370. The lowest BCUT2D eigenvalue weighted by Crippen LogP contribution is -2.30. The van der Waals surface area contributed by atoms with Crippen LogP contribution >= 0.6 is 0 Å². The summed E-state index contributed by atoms with van der Waals surface area (Å²) in [4.78, 5) is 21.1. The molecule has 0 saturated heterocycles. The van der Waals surface area contributed by atoms with E-state index in [-0.39, 0.29) is 16.8 Å². The van der Waals surface area contributed by atoms with Gasteiger partial charge in [-0.2, -0.15) is 0 Å². The van der Waals surface area contributed by atoms with E-state index < -0.39 is 10.0 Å². The fourth-order valence-corrected chi connectivity index (χ4v) is 6.39. The molecule has 1 fully saturated rings. The molecule has 192 valence electrons. The smallest absolute Gasteiger partial charge is 0.308 e. The second-order valence-corrected chi connectivity index (χ2v) is 11.3. The van der Waals surface area contributed by atoms with Gasteiger partial charge in [0.05, 0.1) is 28.5 Å². The van der Waals surface area contributed by atoms with Crippen LogP contribution in [0, 0.1) is 5.92 Å². The van der Waals surface area contributed by atoms with Gasteiger partial charge in [0.25, 0.3) is 10.0 Å². The molecule has 0 radical (unpaired) electrons. The molecule has 0 amide bonds. The van der Waals surface area contributed by atoms with Crippen LogP contribution in [0.1, 0.15) is 31.2 Å². The molecule has 1 N–H and O–H groups in total. The van der Waals surface area contributed by atoms with Gasteiger partial charge in [-0.3, -0.25) is 4.79 Å². The monoisotopic (exact) mass is 526 g/mol. The third-order valence-electron chi connectivity index (χ3n) is 7.11. The van der Waals surface area contributed by atoms with Crippen molar-refractivity contribution in [3.63, 3.8) is 0 Å². The van der Waals surface area contributed by atoms with E-state index in [2.05, 4.69) is 27.4 Å². The zero-order valence-electron chi connectivity index (χ0n) is 20.7. The summed E-state index contributed by atoms with van der Waals surface area (Å²) in [5.41, 5.74) is 3.34. The summed E-state index contributed by atoms with van der Waals surface area (Å²) in [5, 5.41) is 5.05. The van der Waals surface area contributed by atoms with E-state index in [9.17, 15) is 13.2 Å². The Labute approximate surface area is 220 Å². The molecule has 0 unspecified atom stereocenters. The highest BCUT2D eigenvalue weighted by Gasteiger charge is 2.36. The second kappa shape index (κ2) is 9.57. The Morgan fingerprint density at radius 2 is 1.84 bits per heavy atom. The van der Waals surface area contributed by atoms with Gasteiger partial charge in [-0.1, -0.05) is 24.3 Å². The summed E-state index contributed by atoms with van der Waals surface area (Å²) in [6.45, 7) is 2.23. The SMILES string of the molecule is CCOC(=O)[C@H]1C[C@H](c2ccc3ncnc(Nc4ccc5c(ccn5S(=O)(=O)c5ccccc5)c4)c3c2)C1. The first-order valence-electron chi connectivity index (χ1n) is 12.5. The third kappa shape index (κ3) is 4.28. The van der Waals surface area contributed by atoms with E-state index >= 15 is 0 Å². The van der Waals surface area contributed by atoms with Crippen molar-refractivity contribution in [1.82, 2.24) is 13.9 Å². The van der Waals surface area contributed by atoms with Crippen LogP contribution in [0.4, 0.5) is 11.5 Å². The van der Waals surface area contributed by atoms with Gasteiger partial charge in [-0.05, 0) is 79.8 Å². The maximum atomic E-state index is 13.1. The third-order valence-corrected chi connectivity index (χ3v) is 8.81. The van der Waals surface area contributed by atoms with Crippen molar-refractivity contribution >= 4 is 49.3 Å². The predicted octanol–water partition coefficient (Wildman–Crippen LogP) is 5.62. The van der Waals surface area contributed by atoms with Gasteiger partial charge in [0.2, 0.25) is 0 Å². The Kier molecular flexibility index (Phi) is 6.07. The largest absolute Gasteiger partial charge is 0.466 e. The van der Waals surface area contributed by atoms with E-state index in [1.54, 1.807) is 48.7 Å². The van der Waals surface area contributed by atoms with Crippen molar-refractivity contribution in [3.05, 3.63) is 90.9 Å². The summed E-state index contributed by atoms with van der Waals surface area (Å²) in [6, 6.07) is 21.8. The van der Waals surface area contributed by atoms with Gasteiger partial charge in [0, 0.05) is 22.7 Å². The molecule has 2 heterocycles. The van der Waals surface area contributed by atoms with Crippen molar-refractivity contribution in [2.75, 3.05) is 11.9 Å². The lowest BCUT2D eigenvalue weighted by Gasteiger charge is -2.34. The van der Waals surface area contributed by atoms with Gasteiger partial charge >= 0.3 is 5.97 Å². The lowest BCUT2D eigenvalue weighted by atomic mass is 9.71.